The Bertz CT molecular complexity index is 1360. The van der Waals surface area contributed by atoms with Crippen LogP contribution in [0, 0.1) is 5.41 Å². The van der Waals surface area contributed by atoms with E-state index in [9.17, 15) is 14.7 Å². The molecular formula is C31H36N2O6. The van der Waals surface area contributed by atoms with E-state index < -0.39 is 40.5 Å². The largest absolute Gasteiger partial charge is 0.496 e. The predicted octanol–water partition coefficient (Wildman–Crippen LogP) is 3.31. The molecular weight excluding hydrogens is 496 g/mol. The highest BCUT2D eigenvalue weighted by Gasteiger charge is 2.80. The van der Waals surface area contributed by atoms with Crippen LogP contribution < -0.4 is 9.64 Å². The average Bonchev–Trinajstić information content (AvgIpc) is 3.46. The molecule has 3 heterocycles. The summed E-state index contributed by atoms with van der Waals surface area (Å²) in [6, 6.07) is 13.5. The molecule has 2 aromatic carbocycles. The van der Waals surface area contributed by atoms with Crippen LogP contribution in [-0.2, 0) is 24.5 Å². The first kappa shape index (κ1) is 25.9. The average molecular weight is 533 g/mol. The van der Waals surface area contributed by atoms with E-state index in [0.717, 1.165) is 41.9 Å². The van der Waals surface area contributed by atoms with Crippen molar-refractivity contribution in [2.24, 2.45) is 5.41 Å². The number of carbonyl (C=O) groups excluding carboxylic acids is 2. The first-order valence-electron chi connectivity index (χ1n) is 13.6. The molecule has 8 heteroatoms. The van der Waals surface area contributed by atoms with Gasteiger partial charge in [-0.15, -0.1) is 0 Å². The Kier molecular flexibility index (Phi) is 5.86. The minimum atomic E-state index is -2.13. The molecule has 6 rings (SSSR count). The maximum atomic E-state index is 13.8. The lowest BCUT2D eigenvalue weighted by Gasteiger charge is -2.63. The second-order valence-corrected chi connectivity index (χ2v) is 11.3. The van der Waals surface area contributed by atoms with E-state index in [1.807, 2.05) is 43.1 Å². The molecule has 39 heavy (non-hydrogen) atoms. The second kappa shape index (κ2) is 8.83. The minimum Gasteiger partial charge on any atom is -0.496 e. The minimum absolute atomic E-state index is 0.111. The van der Waals surface area contributed by atoms with Crippen LogP contribution in [-0.4, -0.2) is 80.1 Å². The Morgan fingerprint density at radius 3 is 2.51 bits per heavy atom. The van der Waals surface area contributed by atoms with Gasteiger partial charge in [0.05, 0.1) is 20.3 Å². The fourth-order valence-electron chi connectivity index (χ4n) is 8.60. The highest BCUT2D eigenvalue weighted by atomic mass is 16.6. The fraction of sp³-hybridized carbons (Fsp3) is 0.484. The zero-order valence-electron chi connectivity index (χ0n) is 23.1. The monoisotopic (exact) mass is 532 g/mol. The normalized spacial score (nSPS) is 34.2. The molecule has 1 aliphatic carbocycles. The Morgan fingerprint density at radius 2 is 1.87 bits per heavy atom. The number of carbonyl (C=O) groups is 2. The molecule has 0 radical (unpaired) electrons. The van der Waals surface area contributed by atoms with Gasteiger partial charge < -0.3 is 24.2 Å². The van der Waals surface area contributed by atoms with Crippen molar-refractivity contribution in [2.75, 3.05) is 39.3 Å². The maximum Gasteiger partial charge on any atom is 0.344 e. The third-order valence-corrected chi connectivity index (χ3v) is 9.82. The maximum absolute atomic E-state index is 13.8. The molecule has 8 nitrogen and oxygen atoms in total. The first-order chi connectivity index (χ1) is 18.7. The predicted molar refractivity (Wildman–Crippen MR) is 147 cm³/mol. The van der Waals surface area contributed by atoms with Crippen molar-refractivity contribution >= 4 is 17.6 Å². The summed E-state index contributed by atoms with van der Waals surface area (Å²) < 4.78 is 17.2. The van der Waals surface area contributed by atoms with E-state index >= 15 is 0 Å². The summed E-state index contributed by atoms with van der Waals surface area (Å²) in [4.78, 5) is 30.7. The number of methoxy groups -OCH3 is 2. The molecule has 0 bridgehead atoms. The number of likely N-dealkylation sites (N-methyl/N-ethyl adjacent to an activating group) is 1. The van der Waals surface area contributed by atoms with Gasteiger partial charge in [0.25, 0.3) is 0 Å². The summed E-state index contributed by atoms with van der Waals surface area (Å²) in [5.74, 6) is -0.630. The molecule has 1 saturated carbocycles. The lowest BCUT2D eigenvalue weighted by atomic mass is 9.47. The van der Waals surface area contributed by atoms with Crippen molar-refractivity contribution in [1.29, 1.82) is 0 Å². The molecule has 2 fully saturated rings. The van der Waals surface area contributed by atoms with E-state index in [4.69, 9.17) is 14.2 Å². The number of esters is 2. The first-order valence-corrected chi connectivity index (χ1v) is 13.6. The summed E-state index contributed by atoms with van der Waals surface area (Å²) in [6.07, 6.45) is 4.33. The molecule has 3 aliphatic heterocycles. The van der Waals surface area contributed by atoms with E-state index in [2.05, 4.69) is 35.3 Å². The standard InChI is InChI=1S/C31H36N2O6/c1-6-29-13-10-15-33-16-14-30(25(29)33)22-17-21(20-11-8-7-9-12-20)24(37-4)18-23(22)32(3)26(30)31(36,28(35)38-5)27(29)39-19(2)34/h7-13,17-18,25-27,36H,6,14-16H2,1-5H3/t25-,26+,27+,29+,30+,31-/m0/s1. The highest BCUT2D eigenvalue weighted by molar-refractivity contribution is 5.88. The number of rotatable bonds is 5. The van der Waals surface area contributed by atoms with Crippen LogP contribution in [0.1, 0.15) is 32.3 Å². The molecule has 6 atom stereocenters. The molecule has 1 N–H and O–H groups in total. The summed E-state index contributed by atoms with van der Waals surface area (Å²) in [6.45, 7) is 4.91. The van der Waals surface area contributed by atoms with Gasteiger partial charge in [0.2, 0.25) is 5.60 Å². The number of benzene rings is 2. The number of anilines is 1. The summed E-state index contributed by atoms with van der Waals surface area (Å²) >= 11 is 0. The van der Waals surface area contributed by atoms with Gasteiger partial charge in [-0.3, -0.25) is 9.69 Å². The Labute approximate surface area is 229 Å². The van der Waals surface area contributed by atoms with Crippen LogP contribution in [0.2, 0.25) is 0 Å². The van der Waals surface area contributed by atoms with E-state index in [1.165, 1.54) is 14.0 Å². The van der Waals surface area contributed by atoms with Crippen molar-refractivity contribution in [3.63, 3.8) is 0 Å². The van der Waals surface area contributed by atoms with Crippen LogP contribution in [0.3, 0.4) is 0 Å². The topological polar surface area (TPSA) is 88.5 Å². The van der Waals surface area contributed by atoms with Gasteiger partial charge in [0, 0.05) is 54.7 Å². The van der Waals surface area contributed by atoms with Crippen molar-refractivity contribution in [2.45, 2.75) is 55.9 Å². The Balaban J connectivity index is 1.69. The Hall–Kier alpha value is -3.36. The zero-order chi connectivity index (χ0) is 27.7. The Morgan fingerprint density at radius 1 is 1.13 bits per heavy atom. The highest BCUT2D eigenvalue weighted by Crippen LogP contribution is 2.67. The van der Waals surface area contributed by atoms with Crippen LogP contribution in [0.4, 0.5) is 5.69 Å². The van der Waals surface area contributed by atoms with Crippen molar-refractivity contribution in [3.05, 3.63) is 60.2 Å². The summed E-state index contributed by atoms with van der Waals surface area (Å²) in [7, 11) is 4.83. The van der Waals surface area contributed by atoms with Crippen LogP contribution in [0.25, 0.3) is 11.1 Å². The molecule has 0 amide bonds. The molecule has 0 aromatic heterocycles. The van der Waals surface area contributed by atoms with Gasteiger partial charge >= 0.3 is 11.9 Å². The quantitative estimate of drug-likeness (QED) is 0.464. The molecule has 2 aromatic rings. The van der Waals surface area contributed by atoms with Gasteiger partial charge in [0.15, 0.2) is 6.10 Å². The second-order valence-electron chi connectivity index (χ2n) is 11.3. The third kappa shape index (κ3) is 3.13. The fourth-order valence-corrected chi connectivity index (χ4v) is 8.60. The molecule has 1 saturated heterocycles. The lowest BCUT2D eigenvalue weighted by Crippen LogP contribution is -2.81. The zero-order valence-corrected chi connectivity index (χ0v) is 23.1. The number of nitrogens with zero attached hydrogens (tertiary/aromatic N) is 2. The molecule has 0 unspecified atom stereocenters. The third-order valence-electron chi connectivity index (χ3n) is 9.82. The summed E-state index contributed by atoms with van der Waals surface area (Å²) in [5.41, 5.74) is 0.364. The number of fused-ring (bicyclic) bond motifs is 1. The van der Waals surface area contributed by atoms with Crippen molar-refractivity contribution in [3.8, 4) is 16.9 Å². The number of hydrogen-bond acceptors (Lipinski definition) is 8. The summed E-state index contributed by atoms with van der Waals surface area (Å²) in [5, 5.41) is 12.7. The van der Waals surface area contributed by atoms with Crippen LogP contribution >= 0.6 is 0 Å². The number of hydrogen-bond donors (Lipinski definition) is 1. The molecule has 4 aliphatic rings. The van der Waals surface area contributed by atoms with Gasteiger partial charge in [-0.05, 0) is 36.6 Å². The number of ether oxygens (including phenoxy) is 3. The van der Waals surface area contributed by atoms with E-state index in [-0.39, 0.29) is 6.04 Å². The van der Waals surface area contributed by atoms with Gasteiger partial charge in [-0.1, -0.05) is 49.4 Å². The molecule has 206 valence electrons. The smallest absolute Gasteiger partial charge is 0.344 e. The lowest BCUT2D eigenvalue weighted by molar-refractivity contribution is -0.228. The van der Waals surface area contributed by atoms with Crippen molar-refractivity contribution < 1.29 is 28.9 Å². The SMILES string of the molecule is CC[C@]12C=CCN3CC[C@@]4(c5cc(-c6ccccc6)c(OC)cc5N(C)[C@H]4[C@@](O)(C(=O)OC)[C@@H]1OC(C)=O)[C@@H]32. The van der Waals surface area contributed by atoms with Gasteiger partial charge in [-0.25, -0.2) is 4.79 Å². The van der Waals surface area contributed by atoms with Crippen molar-refractivity contribution in [1.82, 2.24) is 4.90 Å². The van der Waals surface area contributed by atoms with Crippen LogP contribution in [0.15, 0.2) is 54.6 Å². The van der Waals surface area contributed by atoms with E-state index in [1.54, 1.807) is 7.11 Å². The van der Waals surface area contributed by atoms with Gasteiger partial charge in [-0.2, -0.15) is 0 Å². The molecule has 1 spiro atoms. The van der Waals surface area contributed by atoms with E-state index in [0.29, 0.717) is 12.2 Å². The van der Waals surface area contributed by atoms with Crippen LogP contribution in [0.5, 0.6) is 5.75 Å². The van der Waals surface area contributed by atoms with Gasteiger partial charge in [0.1, 0.15) is 5.75 Å². The number of aliphatic hydroxyl groups is 1.